The van der Waals surface area contributed by atoms with Gasteiger partial charge in [-0.25, -0.2) is 4.98 Å². The monoisotopic (exact) mass is 251 g/mol. The van der Waals surface area contributed by atoms with Crippen molar-refractivity contribution in [1.82, 2.24) is 4.98 Å². The molecule has 0 saturated heterocycles. The predicted molar refractivity (Wildman–Crippen MR) is 59.1 cm³/mol. The van der Waals surface area contributed by atoms with Gasteiger partial charge >= 0.3 is 0 Å². The molecule has 0 bridgehead atoms. The van der Waals surface area contributed by atoms with Crippen molar-refractivity contribution in [3.05, 3.63) is 28.2 Å². The molecule has 1 aromatic carbocycles. The van der Waals surface area contributed by atoms with Gasteiger partial charge in [-0.1, -0.05) is 34.8 Å². The van der Waals surface area contributed by atoms with E-state index in [4.69, 9.17) is 34.8 Å². The molecule has 0 radical (unpaired) electrons. The Morgan fingerprint density at radius 3 is 2.77 bits per heavy atom. The van der Waals surface area contributed by atoms with E-state index in [9.17, 15) is 0 Å². The fourth-order valence-electron chi connectivity index (χ4n) is 1.01. The highest BCUT2D eigenvalue weighted by molar-refractivity contribution is 7.19. The van der Waals surface area contributed by atoms with Gasteiger partial charge in [-0.2, -0.15) is 0 Å². The molecule has 13 heavy (non-hydrogen) atoms. The Hall–Kier alpha value is -0.0200. The fourth-order valence-corrected chi connectivity index (χ4v) is 2.47. The number of rotatable bonds is 1. The van der Waals surface area contributed by atoms with Crippen LogP contribution in [0.3, 0.4) is 0 Å². The first-order chi connectivity index (χ1) is 6.16. The van der Waals surface area contributed by atoms with E-state index in [0.717, 1.165) is 10.2 Å². The molecule has 5 heteroatoms. The lowest BCUT2D eigenvalue weighted by molar-refractivity contribution is 1.27. The zero-order valence-corrected chi connectivity index (χ0v) is 9.38. The van der Waals surface area contributed by atoms with Crippen molar-refractivity contribution < 1.29 is 0 Å². The second-order valence-corrected chi connectivity index (χ2v) is 5.06. The summed E-state index contributed by atoms with van der Waals surface area (Å²) >= 11 is 18.7. The lowest BCUT2D eigenvalue weighted by Crippen LogP contribution is -1.76. The summed E-state index contributed by atoms with van der Waals surface area (Å²) < 4.78 is 1.01. The van der Waals surface area contributed by atoms with Crippen molar-refractivity contribution in [2.75, 3.05) is 0 Å². The third-order valence-corrected chi connectivity index (χ3v) is 3.54. The number of aromatic nitrogens is 1. The molecule has 0 aliphatic rings. The van der Waals surface area contributed by atoms with E-state index in [1.165, 1.54) is 11.3 Å². The van der Waals surface area contributed by atoms with Crippen LogP contribution in [-0.2, 0) is 0 Å². The third kappa shape index (κ3) is 1.91. The molecule has 0 N–H and O–H groups in total. The highest BCUT2D eigenvalue weighted by Gasteiger charge is 2.10. The molecule has 0 aliphatic carbocycles. The second-order valence-electron chi connectivity index (χ2n) is 2.46. The minimum atomic E-state index is -0.559. The number of hydrogen-bond acceptors (Lipinski definition) is 2. The molecule has 68 valence electrons. The minimum Gasteiger partial charge on any atom is -0.238 e. The maximum atomic E-state index is 5.82. The number of hydrogen-bond donors (Lipinski definition) is 0. The lowest BCUT2D eigenvalue weighted by atomic mass is 10.3. The molecular formula is C8H4Cl3NS. The molecule has 0 amide bonds. The van der Waals surface area contributed by atoms with Crippen LogP contribution < -0.4 is 0 Å². The van der Waals surface area contributed by atoms with Crippen molar-refractivity contribution in [1.29, 1.82) is 0 Å². The van der Waals surface area contributed by atoms with Gasteiger partial charge in [0.25, 0.3) is 0 Å². The van der Waals surface area contributed by atoms with Gasteiger partial charge in [-0.05, 0) is 18.2 Å². The third-order valence-electron chi connectivity index (χ3n) is 1.55. The Balaban J connectivity index is 2.62. The van der Waals surface area contributed by atoms with Crippen LogP contribution in [0.4, 0.5) is 0 Å². The number of thiazole rings is 1. The zero-order valence-electron chi connectivity index (χ0n) is 6.30. The standard InChI is InChI=1S/C8H4Cl3NS/c9-4-1-2-5-6(3-4)13-8(12-5)7(10)11/h1-3,7H. The van der Waals surface area contributed by atoms with Crippen LogP contribution in [0.5, 0.6) is 0 Å². The molecular weight excluding hydrogens is 249 g/mol. The van der Waals surface area contributed by atoms with Gasteiger partial charge in [0.1, 0.15) is 5.01 Å². The van der Waals surface area contributed by atoms with E-state index in [2.05, 4.69) is 4.98 Å². The summed E-state index contributed by atoms with van der Waals surface area (Å²) in [7, 11) is 0. The lowest BCUT2D eigenvalue weighted by Gasteiger charge is -1.89. The minimum absolute atomic E-state index is 0.559. The molecule has 0 spiro atoms. The summed E-state index contributed by atoms with van der Waals surface area (Å²) in [6, 6.07) is 5.51. The van der Waals surface area contributed by atoms with E-state index in [1.807, 2.05) is 12.1 Å². The van der Waals surface area contributed by atoms with Crippen molar-refractivity contribution in [2.45, 2.75) is 4.84 Å². The van der Waals surface area contributed by atoms with Crippen LogP contribution in [0.15, 0.2) is 18.2 Å². The van der Waals surface area contributed by atoms with Crippen LogP contribution in [-0.4, -0.2) is 4.98 Å². The summed E-state index contributed by atoms with van der Waals surface area (Å²) in [4.78, 5) is 3.69. The summed E-state index contributed by atoms with van der Waals surface area (Å²) in [5, 5.41) is 1.41. The van der Waals surface area contributed by atoms with E-state index >= 15 is 0 Å². The molecule has 2 aromatic rings. The van der Waals surface area contributed by atoms with Crippen molar-refractivity contribution in [3.8, 4) is 0 Å². The Bertz CT molecular complexity index is 438. The van der Waals surface area contributed by atoms with Crippen LogP contribution in [0.1, 0.15) is 9.84 Å². The maximum Gasteiger partial charge on any atom is 0.159 e. The fraction of sp³-hybridized carbons (Fsp3) is 0.125. The number of benzene rings is 1. The number of alkyl halides is 2. The topological polar surface area (TPSA) is 12.9 Å². The van der Waals surface area contributed by atoms with Crippen molar-refractivity contribution in [3.63, 3.8) is 0 Å². The summed E-state index contributed by atoms with van der Waals surface area (Å²) in [5.41, 5.74) is 0.885. The average Bonchev–Trinajstić information content (AvgIpc) is 2.46. The maximum absolute atomic E-state index is 5.82. The first-order valence-electron chi connectivity index (χ1n) is 3.51. The molecule has 0 fully saturated rings. The molecule has 1 aromatic heterocycles. The average molecular weight is 253 g/mol. The van der Waals surface area contributed by atoms with E-state index in [-0.39, 0.29) is 0 Å². The molecule has 0 saturated carbocycles. The number of halogens is 3. The molecule has 1 heterocycles. The molecule has 1 nitrogen and oxygen atoms in total. The smallest absolute Gasteiger partial charge is 0.159 e. The van der Waals surface area contributed by atoms with E-state index in [1.54, 1.807) is 6.07 Å². The Kier molecular flexibility index (Phi) is 2.65. The van der Waals surface area contributed by atoms with E-state index in [0.29, 0.717) is 10.0 Å². The predicted octanol–water partition coefficient (Wildman–Crippen LogP) is 4.43. The Labute approximate surface area is 94.2 Å². The van der Waals surface area contributed by atoms with Crippen molar-refractivity contribution in [2.24, 2.45) is 0 Å². The van der Waals surface area contributed by atoms with Gasteiger partial charge in [0, 0.05) is 5.02 Å². The number of fused-ring (bicyclic) bond motifs is 1. The summed E-state index contributed by atoms with van der Waals surface area (Å²) in [6.07, 6.45) is 0. The Morgan fingerprint density at radius 2 is 2.08 bits per heavy atom. The van der Waals surface area contributed by atoms with E-state index < -0.39 is 4.84 Å². The second kappa shape index (κ2) is 3.62. The number of nitrogens with zero attached hydrogens (tertiary/aromatic N) is 1. The summed E-state index contributed by atoms with van der Waals surface area (Å²) in [5.74, 6) is 0. The van der Waals surface area contributed by atoms with Crippen LogP contribution in [0.25, 0.3) is 10.2 Å². The molecule has 2 rings (SSSR count). The van der Waals surface area contributed by atoms with Gasteiger partial charge in [0.05, 0.1) is 10.2 Å². The van der Waals surface area contributed by atoms with Crippen molar-refractivity contribution >= 4 is 56.4 Å². The Morgan fingerprint density at radius 1 is 1.31 bits per heavy atom. The quantitative estimate of drug-likeness (QED) is 0.684. The zero-order chi connectivity index (χ0) is 9.42. The highest BCUT2D eigenvalue weighted by atomic mass is 35.5. The normalized spacial score (nSPS) is 11.4. The van der Waals surface area contributed by atoms with Crippen LogP contribution in [0, 0.1) is 0 Å². The molecule has 0 aliphatic heterocycles. The van der Waals surface area contributed by atoms with Gasteiger partial charge in [-0.15, -0.1) is 11.3 Å². The molecule has 0 atom stereocenters. The van der Waals surface area contributed by atoms with Gasteiger partial charge in [0.2, 0.25) is 0 Å². The van der Waals surface area contributed by atoms with Crippen LogP contribution in [0.2, 0.25) is 5.02 Å². The highest BCUT2D eigenvalue weighted by Crippen LogP contribution is 2.33. The largest absolute Gasteiger partial charge is 0.238 e. The van der Waals surface area contributed by atoms with Gasteiger partial charge in [-0.3, -0.25) is 0 Å². The van der Waals surface area contributed by atoms with Gasteiger partial charge in [0.15, 0.2) is 4.84 Å². The summed E-state index contributed by atoms with van der Waals surface area (Å²) in [6.45, 7) is 0. The van der Waals surface area contributed by atoms with Crippen LogP contribution >= 0.6 is 46.1 Å². The first kappa shape index (κ1) is 9.53. The van der Waals surface area contributed by atoms with Gasteiger partial charge < -0.3 is 0 Å². The molecule has 0 unspecified atom stereocenters. The SMILES string of the molecule is Clc1ccc2nc(C(Cl)Cl)sc2c1. The first-order valence-corrected chi connectivity index (χ1v) is 5.57.